The molecule has 0 heterocycles. The first-order valence-electron chi connectivity index (χ1n) is 6.06. The van der Waals surface area contributed by atoms with Gasteiger partial charge in [-0.05, 0) is 42.8 Å². The van der Waals surface area contributed by atoms with Gasteiger partial charge in [0.05, 0.1) is 5.69 Å². The third kappa shape index (κ3) is 2.93. The molecule has 20 heavy (non-hydrogen) atoms. The van der Waals surface area contributed by atoms with E-state index in [9.17, 15) is 13.6 Å². The van der Waals surface area contributed by atoms with Gasteiger partial charge < -0.3 is 10.6 Å². The zero-order valence-corrected chi connectivity index (χ0v) is 11.1. The van der Waals surface area contributed by atoms with Crippen molar-refractivity contribution < 1.29 is 13.6 Å². The van der Waals surface area contributed by atoms with Gasteiger partial charge in [-0.25, -0.2) is 8.78 Å². The molecule has 0 radical (unpaired) electrons. The van der Waals surface area contributed by atoms with Crippen LogP contribution in [0.2, 0.25) is 0 Å². The quantitative estimate of drug-likeness (QED) is 0.899. The first-order valence-corrected chi connectivity index (χ1v) is 6.06. The average molecular weight is 276 g/mol. The summed E-state index contributed by atoms with van der Waals surface area (Å²) in [6, 6.07) is 8.10. The Kier molecular flexibility index (Phi) is 3.98. The fourth-order valence-electron chi connectivity index (χ4n) is 1.86. The van der Waals surface area contributed by atoms with E-state index in [0.29, 0.717) is 5.56 Å². The monoisotopic (exact) mass is 276 g/mol. The normalized spacial score (nSPS) is 10.2. The Hall–Kier alpha value is -2.43. The Morgan fingerprint density at radius 1 is 1.10 bits per heavy atom. The maximum Gasteiger partial charge on any atom is 0.256 e. The number of rotatable bonds is 3. The molecule has 0 aromatic heterocycles. The van der Waals surface area contributed by atoms with Crippen LogP contribution in [0.1, 0.15) is 15.9 Å². The molecule has 5 heteroatoms. The Bertz CT molecular complexity index is 656. The van der Waals surface area contributed by atoms with Gasteiger partial charge in [0.1, 0.15) is 11.6 Å². The molecule has 3 nitrogen and oxygen atoms in total. The molecular weight excluding hydrogens is 262 g/mol. The summed E-state index contributed by atoms with van der Waals surface area (Å²) in [6.07, 6.45) is 0. The van der Waals surface area contributed by atoms with Gasteiger partial charge >= 0.3 is 0 Å². The zero-order chi connectivity index (χ0) is 14.7. The highest BCUT2D eigenvalue weighted by molar-refractivity contribution is 6.05. The molecule has 2 aromatic carbocycles. The van der Waals surface area contributed by atoms with Crippen LogP contribution in [0.3, 0.4) is 0 Å². The summed E-state index contributed by atoms with van der Waals surface area (Å²) in [7, 11) is 1.77. The summed E-state index contributed by atoms with van der Waals surface area (Å²) in [5.74, 6) is -1.76. The Morgan fingerprint density at radius 3 is 2.50 bits per heavy atom. The van der Waals surface area contributed by atoms with Crippen molar-refractivity contribution >= 4 is 17.3 Å². The Balaban J connectivity index is 2.26. The van der Waals surface area contributed by atoms with Gasteiger partial charge in [-0.15, -0.1) is 0 Å². The number of hydrogen-bond acceptors (Lipinski definition) is 2. The number of nitrogens with one attached hydrogen (secondary N) is 2. The number of halogens is 2. The largest absolute Gasteiger partial charge is 0.388 e. The minimum absolute atomic E-state index is 0.174. The van der Waals surface area contributed by atoms with Crippen LogP contribution < -0.4 is 10.6 Å². The van der Waals surface area contributed by atoms with Crippen LogP contribution in [0.15, 0.2) is 36.4 Å². The van der Waals surface area contributed by atoms with Crippen molar-refractivity contribution in [2.24, 2.45) is 0 Å². The minimum Gasteiger partial charge on any atom is -0.388 e. The highest BCUT2D eigenvalue weighted by Gasteiger charge is 2.12. The molecule has 0 unspecified atom stereocenters. The van der Waals surface area contributed by atoms with Crippen LogP contribution in [0.25, 0.3) is 0 Å². The summed E-state index contributed by atoms with van der Waals surface area (Å²) in [6.45, 7) is 1.78. The molecular formula is C15H14F2N2O. The maximum absolute atomic E-state index is 13.5. The number of carbonyl (C=O) groups is 1. The fraction of sp³-hybridized carbons (Fsp3) is 0.133. The molecule has 104 valence electrons. The van der Waals surface area contributed by atoms with Crippen molar-refractivity contribution in [2.45, 2.75) is 6.92 Å². The number of anilines is 2. The molecule has 0 aliphatic rings. The van der Waals surface area contributed by atoms with E-state index in [2.05, 4.69) is 10.6 Å². The first kappa shape index (κ1) is 14.0. The molecule has 1 amide bonds. The van der Waals surface area contributed by atoms with Gasteiger partial charge in [0.15, 0.2) is 0 Å². The molecule has 0 aliphatic heterocycles. The minimum atomic E-state index is -0.677. The average Bonchev–Trinajstić information content (AvgIpc) is 2.42. The summed E-state index contributed by atoms with van der Waals surface area (Å²) in [5, 5.41) is 5.33. The summed E-state index contributed by atoms with van der Waals surface area (Å²) >= 11 is 0. The van der Waals surface area contributed by atoms with E-state index in [0.717, 1.165) is 29.4 Å². The lowest BCUT2D eigenvalue weighted by Gasteiger charge is -2.10. The summed E-state index contributed by atoms with van der Waals surface area (Å²) in [5.41, 5.74) is 1.85. The molecule has 2 rings (SSSR count). The second kappa shape index (κ2) is 5.69. The van der Waals surface area contributed by atoms with Crippen molar-refractivity contribution in [3.05, 3.63) is 59.2 Å². The third-order valence-electron chi connectivity index (χ3n) is 2.94. The van der Waals surface area contributed by atoms with Gasteiger partial charge in [0.25, 0.3) is 5.91 Å². The van der Waals surface area contributed by atoms with Crippen molar-refractivity contribution in [3.8, 4) is 0 Å². The highest BCUT2D eigenvalue weighted by Crippen LogP contribution is 2.19. The van der Waals surface area contributed by atoms with E-state index >= 15 is 0 Å². The summed E-state index contributed by atoms with van der Waals surface area (Å²) < 4.78 is 26.5. The van der Waals surface area contributed by atoms with Crippen molar-refractivity contribution in [2.75, 3.05) is 17.7 Å². The predicted molar refractivity (Wildman–Crippen MR) is 75.0 cm³/mol. The molecule has 0 fully saturated rings. The van der Waals surface area contributed by atoms with E-state index in [4.69, 9.17) is 0 Å². The van der Waals surface area contributed by atoms with Crippen LogP contribution in [-0.2, 0) is 0 Å². The van der Waals surface area contributed by atoms with Gasteiger partial charge in [0.2, 0.25) is 0 Å². The SMILES string of the molecule is CNc1ccc(C(=O)Nc2cc(F)ccc2F)c(C)c1. The van der Waals surface area contributed by atoms with Crippen LogP contribution in [-0.4, -0.2) is 13.0 Å². The zero-order valence-electron chi connectivity index (χ0n) is 11.1. The fourth-order valence-corrected chi connectivity index (χ4v) is 1.86. The Labute approximate surface area is 115 Å². The maximum atomic E-state index is 13.5. The number of aryl methyl sites for hydroxylation is 1. The number of hydrogen-bond donors (Lipinski definition) is 2. The topological polar surface area (TPSA) is 41.1 Å². The molecule has 0 saturated carbocycles. The van der Waals surface area contributed by atoms with E-state index in [-0.39, 0.29) is 5.69 Å². The van der Waals surface area contributed by atoms with Gasteiger partial charge in [0, 0.05) is 24.4 Å². The molecule has 0 aliphatic carbocycles. The number of benzene rings is 2. The van der Waals surface area contributed by atoms with Crippen molar-refractivity contribution in [3.63, 3.8) is 0 Å². The van der Waals surface area contributed by atoms with Gasteiger partial charge in [-0.3, -0.25) is 4.79 Å². The van der Waals surface area contributed by atoms with Crippen molar-refractivity contribution in [1.29, 1.82) is 0 Å². The lowest BCUT2D eigenvalue weighted by Crippen LogP contribution is -2.14. The second-order valence-electron chi connectivity index (χ2n) is 4.36. The molecule has 0 saturated heterocycles. The van der Waals surface area contributed by atoms with Gasteiger partial charge in [-0.2, -0.15) is 0 Å². The van der Waals surface area contributed by atoms with E-state index < -0.39 is 17.5 Å². The van der Waals surface area contributed by atoms with Gasteiger partial charge in [-0.1, -0.05) is 0 Å². The lowest BCUT2D eigenvalue weighted by atomic mass is 10.1. The lowest BCUT2D eigenvalue weighted by molar-refractivity contribution is 0.102. The molecule has 0 spiro atoms. The number of amides is 1. The van der Waals surface area contributed by atoms with E-state index in [1.54, 1.807) is 32.2 Å². The smallest absolute Gasteiger partial charge is 0.256 e. The molecule has 0 bridgehead atoms. The van der Waals surface area contributed by atoms with Crippen LogP contribution in [0, 0.1) is 18.6 Å². The molecule has 2 N–H and O–H groups in total. The highest BCUT2D eigenvalue weighted by atomic mass is 19.1. The van der Waals surface area contributed by atoms with Crippen molar-refractivity contribution in [1.82, 2.24) is 0 Å². The third-order valence-corrected chi connectivity index (χ3v) is 2.94. The summed E-state index contributed by atoms with van der Waals surface area (Å²) in [4.78, 5) is 12.1. The van der Waals surface area contributed by atoms with Crippen LogP contribution in [0.5, 0.6) is 0 Å². The van der Waals surface area contributed by atoms with Crippen LogP contribution >= 0.6 is 0 Å². The predicted octanol–water partition coefficient (Wildman–Crippen LogP) is 3.57. The number of carbonyl (C=O) groups excluding carboxylic acids is 1. The van der Waals surface area contributed by atoms with E-state index in [1.807, 2.05) is 0 Å². The molecule has 2 aromatic rings. The van der Waals surface area contributed by atoms with E-state index in [1.165, 1.54) is 0 Å². The first-order chi connectivity index (χ1) is 9.51. The molecule has 0 atom stereocenters. The second-order valence-corrected chi connectivity index (χ2v) is 4.36. The Morgan fingerprint density at radius 2 is 1.85 bits per heavy atom. The standard InChI is InChI=1S/C15H14F2N2O/c1-9-7-11(18-2)4-5-12(9)15(20)19-14-8-10(16)3-6-13(14)17/h3-8,18H,1-2H3,(H,19,20). The van der Waals surface area contributed by atoms with Crippen LogP contribution in [0.4, 0.5) is 20.2 Å².